The summed E-state index contributed by atoms with van der Waals surface area (Å²) < 4.78 is 0. The monoisotopic (exact) mass is 256 g/mol. The van der Waals surface area contributed by atoms with Crippen molar-refractivity contribution in [2.24, 2.45) is 11.8 Å². The number of aliphatic carboxylic acids is 1. The van der Waals surface area contributed by atoms with Crippen molar-refractivity contribution >= 4 is 23.5 Å². The molecule has 0 saturated carbocycles. The molecule has 2 atom stereocenters. The van der Waals surface area contributed by atoms with E-state index >= 15 is 0 Å². The van der Waals surface area contributed by atoms with Gasteiger partial charge < -0.3 is 15.0 Å². The highest BCUT2D eigenvalue weighted by Crippen LogP contribution is 2.24. The van der Waals surface area contributed by atoms with Gasteiger partial charge >= 0.3 is 5.97 Å². The Morgan fingerprint density at radius 2 is 2.24 bits per heavy atom. The lowest BCUT2D eigenvalue weighted by Crippen LogP contribution is -2.30. The van der Waals surface area contributed by atoms with E-state index in [2.05, 4.69) is 4.98 Å². The molecule has 2 heterocycles. The number of amides is 1. The van der Waals surface area contributed by atoms with Gasteiger partial charge in [0.15, 0.2) is 0 Å². The molecule has 2 N–H and O–H groups in total. The molecule has 5 nitrogen and oxygen atoms in total. The van der Waals surface area contributed by atoms with Gasteiger partial charge in [0.25, 0.3) is 5.91 Å². The van der Waals surface area contributed by atoms with Gasteiger partial charge in [-0.2, -0.15) is 0 Å². The van der Waals surface area contributed by atoms with Crippen LogP contribution >= 0.6 is 11.6 Å². The normalized spacial score (nSPS) is 24.0. The van der Waals surface area contributed by atoms with E-state index in [-0.39, 0.29) is 18.4 Å². The van der Waals surface area contributed by atoms with Crippen LogP contribution in [0.4, 0.5) is 0 Å². The van der Waals surface area contributed by atoms with Crippen molar-refractivity contribution < 1.29 is 14.7 Å². The average Bonchev–Trinajstić information content (AvgIpc) is 2.83. The number of hydrogen-bond acceptors (Lipinski definition) is 2. The minimum Gasteiger partial charge on any atom is -0.481 e. The second-order valence-corrected chi connectivity index (χ2v) is 4.80. The summed E-state index contributed by atoms with van der Waals surface area (Å²) in [6.45, 7) is 2.56. The molecule has 1 aromatic heterocycles. The van der Waals surface area contributed by atoms with Crippen molar-refractivity contribution in [2.45, 2.75) is 6.92 Å². The van der Waals surface area contributed by atoms with Gasteiger partial charge in [0.1, 0.15) is 5.69 Å². The molecule has 1 amide bonds. The molecule has 0 aliphatic carbocycles. The van der Waals surface area contributed by atoms with E-state index in [1.807, 2.05) is 6.92 Å². The molecule has 17 heavy (non-hydrogen) atoms. The Hall–Kier alpha value is -1.49. The standard InChI is InChI=1S/C11H13ClN2O3/c1-6-4-14(5-8(6)11(16)17)10(15)9-2-7(12)3-13-9/h2-3,6,8,13H,4-5H2,1H3,(H,16,17)/t6-,8-/m1/s1. The van der Waals surface area contributed by atoms with Crippen molar-refractivity contribution in [3.05, 3.63) is 23.0 Å². The van der Waals surface area contributed by atoms with Crippen molar-refractivity contribution in [1.82, 2.24) is 9.88 Å². The summed E-state index contributed by atoms with van der Waals surface area (Å²) in [7, 11) is 0. The van der Waals surface area contributed by atoms with E-state index in [0.29, 0.717) is 17.3 Å². The van der Waals surface area contributed by atoms with Crippen LogP contribution in [0.3, 0.4) is 0 Å². The molecule has 0 bridgehead atoms. The van der Waals surface area contributed by atoms with Crippen LogP contribution in [0.25, 0.3) is 0 Å². The third-order valence-electron chi connectivity index (χ3n) is 3.09. The highest BCUT2D eigenvalue weighted by Gasteiger charge is 2.37. The zero-order chi connectivity index (χ0) is 12.6. The van der Waals surface area contributed by atoms with Crippen LogP contribution < -0.4 is 0 Å². The Balaban J connectivity index is 2.10. The van der Waals surface area contributed by atoms with E-state index in [9.17, 15) is 9.59 Å². The number of rotatable bonds is 2. The molecule has 1 fully saturated rings. The number of H-pyrrole nitrogens is 1. The molecule has 0 aromatic carbocycles. The predicted octanol–water partition coefficient (Wildman–Crippen LogP) is 1.46. The van der Waals surface area contributed by atoms with E-state index in [0.717, 1.165) is 0 Å². The van der Waals surface area contributed by atoms with Gasteiger partial charge in [-0.05, 0) is 12.0 Å². The van der Waals surface area contributed by atoms with Crippen LogP contribution in [-0.4, -0.2) is 40.0 Å². The minimum atomic E-state index is -0.850. The Labute approximate surface area is 103 Å². The highest BCUT2D eigenvalue weighted by atomic mass is 35.5. The molecule has 1 aliphatic rings. The molecule has 1 saturated heterocycles. The maximum atomic E-state index is 12.0. The van der Waals surface area contributed by atoms with Crippen molar-refractivity contribution in [1.29, 1.82) is 0 Å². The van der Waals surface area contributed by atoms with Gasteiger partial charge in [-0.25, -0.2) is 0 Å². The molecule has 1 aromatic rings. The average molecular weight is 257 g/mol. The number of carbonyl (C=O) groups excluding carboxylic acids is 1. The number of carboxylic acids is 1. The molecule has 1 aliphatic heterocycles. The molecule has 0 spiro atoms. The van der Waals surface area contributed by atoms with E-state index < -0.39 is 11.9 Å². The Kier molecular flexibility index (Phi) is 3.11. The number of halogens is 1. The van der Waals surface area contributed by atoms with Crippen LogP contribution in [0.1, 0.15) is 17.4 Å². The molecule has 0 radical (unpaired) electrons. The molecular formula is C11H13ClN2O3. The number of hydrogen-bond donors (Lipinski definition) is 2. The number of carbonyl (C=O) groups is 2. The van der Waals surface area contributed by atoms with Crippen LogP contribution in [0.2, 0.25) is 5.02 Å². The summed E-state index contributed by atoms with van der Waals surface area (Å²) in [6.07, 6.45) is 1.53. The van der Waals surface area contributed by atoms with Gasteiger partial charge in [-0.1, -0.05) is 18.5 Å². The van der Waals surface area contributed by atoms with E-state index in [1.165, 1.54) is 6.20 Å². The number of carboxylic acid groups (broad SMARTS) is 1. The fourth-order valence-corrected chi connectivity index (χ4v) is 2.28. The van der Waals surface area contributed by atoms with E-state index in [1.54, 1.807) is 11.0 Å². The summed E-state index contributed by atoms with van der Waals surface area (Å²) in [6, 6.07) is 1.54. The minimum absolute atomic E-state index is 0.0260. The fraction of sp³-hybridized carbons (Fsp3) is 0.455. The number of nitrogens with zero attached hydrogens (tertiary/aromatic N) is 1. The molecule has 92 valence electrons. The van der Waals surface area contributed by atoms with Gasteiger partial charge in [0.2, 0.25) is 0 Å². The largest absolute Gasteiger partial charge is 0.481 e. The van der Waals surface area contributed by atoms with E-state index in [4.69, 9.17) is 16.7 Å². The van der Waals surface area contributed by atoms with Gasteiger partial charge in [0.05, 0.1) is 10.9 Å². The van der Waals surface area contributed by atoms with Crippen molar-refractivity contribution in [2.75, 3.05) is 13.1 Å². The van der Waals surface area contributed by atoms with Crippen molar-refractivity contribution in [3.63, 3.8) is 0 Å². The summed E-state index contributed by atoms with van der Waals surface area (Å²) in [4.78, 5) is 27.3. The first-order chi connectivity index (χ1) is 7.99. The summed E-state index contributed by atoms with van der Waals surface area (Å²) in [5.41, 5.74) is 0.397. The Bertz CT molecular complexity index is 457. The second kappa shape index (κ2) is 4.41. The maximum Gasteiger partial charge on any atom is 0.308 e. The van der Waals surface area contributed by atoms with Crippen LogP contribution in [0.5, 0.6) is 0 Å². The fourth-order valence-electron chi connectivity index (χ4n) is 2.12. The lowest BCUT2D eigenvalue weighted by molar-refractivity contribution is -0.142. The number of aromatic nitrogens is 1. The number of likely N-dealkylation sites (tertiary alicyclic amines) is 1. The second-order valence-electron chi connectivity index (χ2n) is 4.36. The number of aromatic amines is 1. The quantitative estimate of drug-likeness (QED) is 0.841. The van der Waals surface area contributed by atoms with Crippen LogP contribution in [-0.2, 0) is 4.79 Å². The summed E-state index contributed by atoms with van der Waals surface area (Å²) in [5.74, 6) is -1.56. The molecular weight excluding hydrogens is 244 g/mol. The zero-order valence-electron chi connectivity index (χ0n) is 9.31. The summed E-state index contributed by atoms with van der Waals surface area (Å²) >= 11 is 5.72. The maximum absolute atomic E-state index is 12.0. The third kappa shape index (κ3) is 2.29. The molecule has 0 unspecified atom stereocenters. The lowest BCUT2D eigenvalue weighted by Gasteiger charge is -2.14. The molecule has 2 rings (SSSR count). The zero-order valence-corrected chi connectivity index (χ0v) is 10.1. The van der Waals surface area contributed by atoms with Gasteiger partial charge in [0, 0.05) is 19.3 Å². The molecule has 6 heteroatoms. The summed E-state index contributed by atoms with van der Waals surface area (Å²) in [5, 5.41) is 9.46. The smallest absolute Gasteiger partial charge is 0.308 e. The van der Waals surface area contributed by atoms with Crippen molar-refractivity contribution in [3.8, 4) is 0 Å². The first-order valence-corrected chi connectivity index (χ1v) is 5.73. The lowest BCUT2D eigenvalue weighted by atomic mass is 9.99. The predicted molar refractivity (Wildman–Crippen MR) is 62.0 cm³/mol. The van der Waals surface area contributed by atoms with Crippen LogP contribution in [0.15, 0.2) is 12.3 Å². The first kappa shape index (κ1) is 12.0. The van der Waals surface area contributed by atoms with Crippen LogP contribution in [0, 0.1) is 11.8 Å². The highest BCUT2D eigenvalue weighted by molar-refractivity contribution is 6.30. The van der Waals surface area contributed by atoms with Gasteiger partial charge in [-0.3, -0.25) is 9.59 Å². The first-order valence-electron chi connectivity index (χ1n) is 5.35. The topological polar surface area (TPSA) is 73.4 Å². The SMILES string of the molecule is C[C@@H]1CN(C(=O)c2cc(Cl)c[nH]2)C[C@H]1C(=O)O. The van der Waals surface area contributed by atoms with Gasteiger partial charge in [-0.15, -0.1) is 0 Å². The Morgan fingerprint density at radius 3 is 2.71 bits per heavy atom. The Morgan fingerprint density at radius 1 is 1.53 bits per heavy atom. The number of nitrogens with one attached hydrogen (secondary N) is 1. The third-order valence-corrected chi connectivity index (χ3v) is 3.31.